The molecule has 2 rings (SSSR count). The topological polar surface area (TPSA) is 40.5 Å². The quantitative estimate of drug-likeness (QED) is 0.661. The Morgan fingerprint density at radius 1 is 1.53 bits per heavy atom. The Hall–Kier alpha value is -1.10. The Balaban J connectivity index is 1.99. The van der Waals surface area contributed by atoms with Crippen molar-refractivity contribution in [3.63, 3.8) is 0 Å². The normalized spacial score (nSPS) is 16.6. The van der Waals surface area contributed by atoms with Gasteiger partial charge in [-0.1, -0.05) is 0 Å². The van der Waals surface area contributed by atoms with Crippen LogP contribution >= 0.6 is 11.3 Å². The third-order valence-corrected chi connectivity index (χ3v) is 3.67. The molecule has 1 aromatic heterocycles. The lowest BCUT2D eigenvalue weighted by Crippen LogP contribution is -2.39. The molecule has 1 aliphatic heterocycles. The van der Waals surface area contributed by atoms with Crippen LogP contribution in [0.4, 0.5) is 0 Å². The first-order valence-corrected chi connectivity index (χ1v) is 7.06. The molecule has 0 aliphatic carbocycles. The van der Waals surface area contributed by atoms with Crippen molar-refractivity contribution in [3.8, 4) is 0 Å². The van der Waals surface area contributed by atoms with E-state index in [-0.39, 0.29) is 0 Å². The number of thiazole rings is 1. The van der Waals surface area contributed by atoms with Gasteiger partial charge in [-0.25, -0.2) is 9.98 Å². The number of aromatic nitrogens is 1. The molecule has 1 fully saturated rings. The lowest BCUT2D eigenvalue weighted by Gasteiger charge is -2.20. The second kappa shape index (κ2) is 6.00. The Labute approximate surface area is 107 Å². The summed E-state index contributed by atoms with van der Waals surface area (Å²) in [5.74, 6) is 1.04. The van der Waals surface area contributed by atoms with Gasteiger partial charge in [0.15, 0.2) is 5.96 Å². The Kier molecular flexibility index (Phi) is 4.36. The van der Waals surface area contributed by atoms with Crippen molar-refractivity contribution in [3.05, 3.63) is 16.1 Å². The third kappa shape index (κ3) is 3.43. The minimum atomic E-state index is 0.692. The zero-order chi connectivity index (χ0) is 12.1. The van der Waals surface area contributed by atoms with E-state index < -0.39 is 0 Å². The van der Waals surface area contributed by atoms with Crippen LogP contribution in [-0.4, -0.2) is 35.5 Å². The number of aliphatic imine (C=N–C) groups is 1. The molecule has 5 heteroatoms. The highest BCUT2D eigenvalue weighted by molar-refractivity contribution is 7.11. The standard InChI is InChI=1S/C12H20N4S/c1-3-13-12(16-6-4-5-7-16)15-9-11-14-8-10(2)17-11/h8H,3-7,9H2,1-2H3,(H,13,15). The first-order chi connectivity index (χ1) is 8.29. The van der Waals surface area contributed by atoms with Gasteiger partial charge < -0.3 is 10.2 Å². The summed E-state index contributed by atoms with van der Waals surface area (Å²) in [6, 6.07) is 0. The molecule has 0 spiro atoms. The summed E-state index contributed by atoms with van der Waals surface area (Å²) in [5, 5.41) is 4.45. The highest BCUT2D eigenvalue weighted by atomic mass is 32.1. The molecule has 4 nitrogen and oxygen atoms in total. The zero-order valence-electron chi connectivity index (χ0n) is 10.6. The zero-order valence-corrected chi connectivity index (χ0v) is 11.4. The van der Waals surface area contributed by atoms with Gasteiger partial charge in [0.2, 0.25) is 0 Å². The van der Waals surface area contributed by atoms with E-state index in [1.807, 2.05) is 6.20 Å². The fraction of sp³-hybridized carbons (Fsp3) is 0.667. The first-order valence-electron chi connectivity index (χ1n) is 6.24. The summed E-state index contributed by atoms with van der Waals surface area (Å²) in [6.07, 6.45) is 4.47. The molecule has 0 bridgehead atoms. The maximum atomic E-state index is 4.66. The molecular weight excluding hydrogens is 232 g/mol. The van der Waals surface area contributed by atoms with Gasteiger partial charge in [-0.05, 0) is 26.7 Å². The van der Waals surface area contributed by atoms with Crippen molar-refractivity contribution in [2.45, 2.75) is 33.2 Å². The van der Waals surface area contributed by atoms with Crippen molar-refractivity contribution in [2.24, 2.45) is 4.99 Å². The largest absolute Gasteiger partial charge is 0.357 e. The molecule has 17 heavy (non-hydrogen) atoms. The average Bonchev–Trinajstić information content (AvgIpc) is 2.95. The van der Waals surface area contributed by atoms with E-state index in [4.69, 9.17) is 0 Å². The minimum Gasteiger partial charge on any atom is -0.357 e. The summed E-state index contributed by atoms with van der Waals surface area (Å²) in [7, 11) is 0. The fourth-order valence-electron chi connectivity index (χ4n) is 1.97. The summed E-state index contributed by atoms with van der Waals surface area (Å²) >= 11 is 1.73. The molecule has 1 N–H and O–H groups in total. The molecule has 2 heterocycles. The molecular formula is C12H20N4S. The van der Waals surface area contributed by atoms with Crippen molar-refractivity contribution in [2.75, 3.05) is 19.6 Å². The van der Waals surface area contributed by atoms with Crippen LogP contribution in [-0.2, 0) is 6.54 Å². The van der Waals surface area contributed by atoms with Gasteiger partial charge in [-0.15, -0.1) is 11.3 Å². The van der Waals surface area contributed by atoms with Crippen LogP contribution in [0.5, 0.6) is 0 Å². The lowest BCUT2D eigenvalue weighted by atomic mass is 10.4. The Morgan fingerprint density at radius 2 is 2.29 bits per heavy atom. The molecule has 1 aromatic rings. The van der Waals surface area contributed by atoms with Gasteiger partial charge in [0.1, 0.15) is 5.01 Å². The van der Waals surface area contributed by atoms with Crippen LogP contribution in [0.25, 0.3) is 0 Å². The van der Waals surface area contributed by atoms with Gasteiger partial charge in [0.05, 0.1) is 6.54 Å². The molecule has 0 radical (unpaired) electrons. The van der Waals surface area contributed by atoms with Gasteiger partial charge in [-0.2, -0.15) is 0 Å². The maximum absolute atomic E-state index is 4.66. The first kappa shape index (κ1) is 12.4. The van der Waals surface area contributed by atoms with Crippen molar-refractivity contribution < 1.29 is 0 Å². The molecule has 0 amide bonds. The smallest absolute Gasteiger partial charge is 0.194 e. The number of likely N-dealkylation sites (tertiary alicyclic amines) is 1. The average molecular weight is 252 g/mol. The number of guanidine groups is 1. The highest BCUT2D eigenvalue weighted by Gasteiger charge is 2.15. The number of aryl methyl sites for hydroxylation is 1. The number of hydrogen-bond donors (Lipinski definition) is 1. The third-order valence-electron chi connectivity index (χ3n) is 2.77. The second-order valence-corrected chi connectivity index (χ2v) is 5.55. The van der Waals surface area contributed by atoms with Crippen LogP contribution in [0.15, 0.2) is 11.2 Å². The van der Waals surface area contributed by atoms with Gasteiger partial charge in [0.25, 0.3) is 0 Å². The highest BCUT2D eigenvalue weighted by Crippen LogP contribution is 2.13. The molecule has 0 aromatic carbocycles. The summed E-state index contributed by atoms with van der Waals surface area (Å²) in [5.41, 5.74) is 0. The summed E-state index contributed by atoms with van der Waals surface area (Å²) < 4.78 is 0. The van der Waals surface area contributed by atoms with Crippen molar-refractivity contribution >= 4 is 17.3 Å². The van der Waals surface area contributed by atoms with Crippen LogP contribution in [0, 0.1) is 6.92 Å². The van der Waals surface area contributed by atoms with Crippen molar-refractivity contribution in [1.29, 1.82) is 0 Å². The van der Waals surface area contributed by atoms with Crippen LogP contribution in [0.2, 0.25) is 0 Å². The Bertz CT molecular complexity index is 380. The van der Waals surface area contributed by atoms with Gasteiger partial charge >= 0.3 is 0 Å². The maximum Gasteiger partial charge on any atom is 0.194 e. The predicted molar refractivity (Wildman–Crippen MR) is 72.5 cm³/mol. The van der Waals surface area contributed by atoms with Gasteiger partial charge in [0, 0.05) is 30.7 Å². The lowest BCUT2D eigenvalue weighted by molar-refractivity contribution is 0.493. The van der Waals surface area contributed by atoms with Crippen LogP contribution in [0.3, 0.4) is 0 Å². The van der Waals surface area contributed by atoms with Gasteiger partial charge in [-0.3, -0.25) is 0 Å². The molecule has 0 atom stereocenters. The SMILES string of the molecule is CCNC(=NCc1ncc(C)s1)N1CCCC1. The summed E-state index contributed by atoms with van der Waals surface area (Å²) in [4.78, 5) is 12.6. The molecule has 0 saturated carbocycles. The minimum absolute atomic E-state index is 0.692. The fourth-order valence-corrected chi connectivity index (χ4v) is 2.68. The van der Waals surface area contributed by atoms with E-state index in [2.05, 4.69) is 34.0 Å². The van der Waals surface area contributed by atoms with E-state index >= 15 is 0 Å². The van der Waals surface area contributed by atoms with E-state index in [0.29, 0.717) is 6.54 Å². The predicted octanol–water partition coefficient (Wildman–Crippen LogP) is 2.01. The van der Waals surface area contributed by atoms with E-state index in [0.717, 1.165) is 30.6 Å². The Morgan fingerprint density at radius 3 is 2.88 bits per heavy atom. The van der Waals surface area contributed by atoms with Crippen LogP contribution in [0.1, 0.15) is 29.7 Å². The van der Waals surface area contributed by atoms with E-state index in [9.17, 15) is 0 Å². The molecule has 0 unspecified atom stereocenters. The number of rotatable bonds is 3. The van der Waals surface area contributed by atoms with Crippen molar-refractivity contribution in [1.82, 2.24) is 15.2 Å². The number of nitrogens with one attached hydrogen (secondary N) is 1. The van der Waals surface area contributed by atoms with E-state index in [1.54, 1.807) is 11.3 Å². The molecule has 94 valence electrons. The molecule has 1 aliphatic rings. The number of hydrogen-bond acceptors (Lipinski definition) is 3. The monoisotopic (exact) mass is 252 g/mol. The second-order valence-electron chi connectivity index (χ2n) is 4.23. The van der Waals surface area contributed by atoms with Crippen LogP contribution < -0.4 is 5.32 Å². The summed E-state index contributed by atoms with van der Waals surface area (Å²) in [6.45, 7) is 8.06. The number of nitrogens with zero attached hydrogens (tertiary/aromatic N) is 3. The van der Waals surface area contributed by atoms with E-state index in [1.165, 1.54) is 17.7 Å². The molecule has 1 saturated heterocycles.